The number of carboxylic acids is 1. The van der Waals surface area contributed by atoms with Crippen LogP contribution in [0.2, 0.25) is 0 Å². The molecule has 2 heterocycles. The predicted molar refractivity (Wildman–Crippen MR) is 114 cm³/mol. The van der Waals surface area contributed by atoms with E-state index in [-0.39, 0.29) is 11.5 Å². The number of benzene rings is 2. The van der Waals surface area contributed by atoms with Crippen LogP contribution in [0.4, 0.5) is 5.69 Å². The Balaban J connectivity index is 1.80. The van der Waals surface area contributed by atoms with Crippen LogP contribution in [0.15, 0.2) is 40.9 Å². The summed E-state index contributed by atoms with van der Waals surface area (Å²) in [7, 11) is 3.68. The van der Waals surface area contributed by atoms with Crippen LogP contribution in [0.25, 0.3) is 0 Å². The predicted octanol–water partition coefficient (Wildman–Crippen LogP) is 3.67. The number of carbonyl (C=O) groups is 2. The molecule has 0 bridgehead atoms. The zero-order valence-corrected chi connectivity index (χ0v) is 18.0. The Kier molecular flexibility index (Phi) is 5.12. The van der Waals surface area contributed by atoms with E-state index in [1.165, 1.54) is 0 Å². The summed E-state index contributed by atoms with van der Waals surface area (Å²) in [5.41, 5.74) is 2.15. The zero-order chi connectivity index (χ0) is 20.8. The van der Waals surface area contributed by atoms with Crippen molar-refractivity contribution in [1.29, 1.82) is 0 Å². The van der Waals surface area contributed by atoms with Gasteiger partial charge in [-0.05, 0) is 62.8 Å². The molecule has 0 saturated carbocycles. The molecule has 2 aromatic carbocycles. The van der Waals surface area contributed by atoms with Crippen molar-refractivity contribution >= 4 is 33.5 Å². The van der Waals surface area contributed by atoms with Crippen molar-refractivity contribution in [2.45, 2.75) is 24.8 Å². The lowest BCUT2D eigenvalue weighted by molar-refractivity contribution is -0.124. The van der Waals surface area contributed by atoms with Crippen molar-refractivity contribution in [3.8, 4) is 5.75 Å². The minimum absolute atomic E-state index is 0.0552. The fourth-order valence-electron chi connectivity index (χ4n) is 4.41. The highest BCUT2D eigenvalue weighted by atomic mass is 79.9. The molecule has 6 nitrogen and oxygen atoms in total. The van der Waals surface area contributed by atoms with E-state index in [1.807, 2.05) is 24.3 Å². The first-order valence-electron chi connectivity index (χ1n) is 9.56. The van der Waals surface area contributed by atoms with E-state index in [0.717, 1.165) is 42.8 Å². The lowest BCUT2D eigenvalue weighted by Crippen LogP contribution is -2.47. The molecule has 2 aliphatic heterocycles. The van der Waals surface area contributed by atoms with Gasteiger partial charge in [-0.2, -0.15) is 0 Å². The molecule has 1 spiro atoms. The van der Waals surface area contributed by atoms with E-state index in [4.69, 9.17) is 4.74 Å². The van der Waals surface area contributed by atoms with Gasteiger partial charge in [0.15, 0.2) is 0 Å². The van der Waals surface area contributed by atoms with Crippen LogP contribution < -0.4 is 9.64 Å². The van der Waals surface area contributed by atoms with Gasteiger partial charge in [0.05, 0.1) is 30.3 Å². The molecule has 7 heteroatoms. The molecule has 1 N–H and O–H groups in total. The monoisotopic (exact) mass is 458 g/mol. The van der Waals surface area contributed by atoms with Crippen molar-refractivity contribution in [3.05, 3.63) is 57.6 Å². The van der Waals surface area contributed by atoms with Crippen molar-refractivity contribution in [2.24, 2.45) is 0 Å². The van der Waals surface area contributed by atoms with Gasteiger partial charge in [-0.1, -0.05) is 28.1 Å². The van der Waals surface area contributed by atoms with E-state index in [9.17, 15) is 14.7 Å². The highest BCUT2D eigenvalue weighted by molar-refractivity contribution is 9.10. The number of ether oxygens (including phenoxy) is 1. The minimum atomic E-state index is -1.00. The standard InChI is InChI=1S/C22H23BrN2O4/c1-24-9-7-22(8-10-24)19-17(23)11-15(20(26)27)12-18(19)25(21(22)28)13-14-3-5-16(29-2)6-4-14/h3-6,11-12H,7-10,13H2,1-2H3,(H,26,27). The van der Waals surface area contributed by atoms with Crippen molar-refractivity contribution in [2.75, 3.05) is 32.1 Å². The first-order chi connectivity index (χ1) is 13.9. The number of fused-ring (bicyclic) bond motifs is 2. The Bertz CT molecular complexity index is 966. The summed E-state index contributed by atoms with van der Waals surface area (Å²) >= 11 is 3.58. The Morgan fingerprint density at radius 1 is 1.21 bits per heavy atom. The van der Waals surface area contributed by atoms with Crippen LogP contribution in [-0.4, -0.2) is 49.1 Å². The lowest BCUT2D eigenvalue weighted by Gasteiger charge is -2.37. The third-order valence-electron chi connectivity index (χ3n) is 6.08. The van der Waals surface area contributed by atoms with E-state index in [0.29, 0.717) is 16.7 Å². The molecule has 29 heavy (non-hydrogen) atoms. The Hall–Kier alpha value is -2.38. The molecule has 2 aliphatic rings. The number of anilines is 1. The summed E-state index contributed by atoms with van der Waals surface area (Å²) in [6, 6.07) is 10.8. The summed E-state index contributed by atoms with van der Waals surface area (Å²) < 4.78 is 5.91. The van der Waals surface area contributed by atoms with Gasteiger partial charge in [0.25, 0.3) is 0 Å². The average molecular weight is 459 g/mol. The molecule has 1 saturated heterocycles. The SMILES string of the molecule is COc1ccc(CN2C(=O)C3(CCN(C)CC3)c3c(Br)cc(C(=O)O)cc32)cc1. The summed E-state index contributed by atoms with van der Waals surface area (Å²) in [6.45, 7) is 2.05. The van der Waals surface area contributed by atoms with Gasteiger partial charge in [0, 0.05) is 10.0 Å². The van der Waals surface area contributed by atoms with E-state index in [1.54, 1.807) is 24.1 Å². The quantitative estimate of drug-likeness (QED) is 0.756. The number of nitrogens with zero attached hydrogens (tertiary/aromatic N) is 2. The Morgan fingerprint density at radius 3 is 2.45 bits per heavy atom. The summed E-state index contributed by atoms with van der Waals surface area (Å²) in [4.78, 5) is 29.3. The molecule has 0 aromatic heterocycles. The van der Waals surface area contributed by atoms with E-state index >= 15 is 0 Å². The van der Waals surface area contributed by atoms with Gasteiger partial charge in [-0.3, -0.25) is 4.79 Å². The second-order valence-corrected chi connectivity index (χ2v) is 8.64. The number of methoxy groups -OCH3 is 1. The van der Waals surface area contributed by atoms with Gasteiger partial charge < -0.3 is 19.6 Å². The second-order valence-electron chi connectivity index (χ2n) is 7.78. The largest absolute Gasteiger partial charge is 0.497 e. The smallest absolute Gasteiger partial charge is 0.335 e. The highest BCUT2D eigenvalue weighted by Gasteiger charge is 2.53. The maximum absolute atomic E-state index is 13.7. The molecule has 0 radical (unpaired) electrons. The lowest BCUT2D eigenvalue weighted by atomic mass is 9.73. The summed E-state index contributed by atoms with van der Waals surface area (Å²) in [5.74, 6) is -0.195. The van der Waals surface area contributed by atoms with Gasteiger partial charge in [-0.25, -0.2) is 4.79 Å². The molecule has 0 aliphatic carbocycles. The van der Waals surface area contributed by atoms with E-state index in [2.05, 4.69) is 27.9 Å². The van der Waals surface area contributed by atoms with Crippen LogP contribution in [0, 0.1) is 0 Å². The first kappa shape index (κ1) is 19.9. The topological polar surface area (TPSA) is 70.1 Å². The van der Waals surface area contributed by atoms with Crippen LogP contribution in [-0.2, 0) is 16.8 Å². The summed E-state index contributed by atoms with van der Waals surface area (Å²) in [6.07, 6.45) is 1.44. The van der Waals surface area contributed by atoms with Crippen molar-refractivity contribution in [1.82, 2.24) is 4.90 Å². The third kappa shape index (κ3) is 3.32. The fourth-order valence-corrected chi connectivity index (χ4v) is 5.24. The number of halogens is 1. The van der Waals surface area contributed by atoms with Crippen LogP contribution in [0.5, 0.6) is 5.75 Å². The van der Waals surface area contributed by atoms with Crippen LogP contribution >= 0.6 is 15.9 Å². The maximum atomic E-state index is 13.7. The number of aromatic carboxylic acids is 1. The first-order valence-corrected chi connectivity index (χ1v) is 10.4. The number of piperidine rings is 1. The molecular formula is C22H23BrN2O4. The number of hydrogen-bond acceptors (Lipinski definition) is 4. The van der Waals surface area contributed by atoms with Crippen molar-refractivity contribution in [3.63, 3.8) is 0 Å². The molecule has 1 amide bonds. The molecule has 152 valence electrons. The van der Waals surface area contributed by atoms with E-state index < -0.39 is 11.4 Å². The number of carbonyl (C=O) groups excluding carboxylic acids is 1. The highest BCUT2D eigenvalue weighted by Crippen LogP contribution is 2.51. The fraction of sp³-hybridized carbons (Fsp3) is 0.364. The average Bonchev–Trinajstić information content (AvgIpc) is 2.93. The van der Waals surface area contributed by atoms with Gasteiger partial charge >= 0.3 is 5.97 Å². The van der Waals surface area contributed by atoms with Crippen LogP contribution in [0.1, 0.15) is 34.3 Å². The molecule has 1 fully saturated rings. The van der Waals surface area contributed by atoms with Crippen molar-refractivity contribution < 1.29 is 19.4 Å². The number of carboxylic acid groups (broad SMARTS) is 1. The normalized spacial score (nSPS) is 18.2. The zero-order valence-electron chi connectivity index (χ0n) is 16.4. The van der Waals surface area contributed by atoms with Crippen LogP contribution in [0.3, 0.4) is 0 Å². The van der Waals surface area contributed by atoms with Gasteiger partial charge in [0.2, 0.25) is 5.91 Å². The number of hydrogen-bond donors (Lipinski definition) is 1. The third-order valence-corrected chi connectivity index (χ3v) is 6.71. The molecule has 0 unspecified atom stereocenters. The Morgan fingerprint density at radius 2 is 1.86 bits per heavy atom. The number of amides is 1. The minimum Gasteiger partial charge on any atom is -0.497 e. The second kappa shape index (κ2) is 7.46. The molecule has 2 aromatic rings. The maximum Gasteiger partial charge on any atom is 0.335 e. The molecular weight excluding hydrogens is 436 g/mol. The number of likely N-dealkylation sites (tertiary alicyclic amines) is 1. The van der Waals surface area contributed by atoms with Gasteiger partial charge in [-0.15, -0.1) is 0 Å². The van der Waals surface area contributed by atoms with Gasteiger partial charge in [0.1, 0.15) is 5.75 Å². The Labute approximate surface area is 178 Å². The molecule has 0 atom stereocenters. The summed E-state index contributed by atoms with van der Waals surface area (Å²) in [5, 5.41) is 9.53. The number of rotatable bonds is 4. The molecule has 4 rings (SSSR count).